The fourth-order valence-corrected chi connectivity index (χ4v) is 2.66. The molecule has 110 valence electrons. The largest absolute Gasteiger partial charge is 0.507 e. The number of hydrogen-bond acceptors (Lipinski definition) is 2. The number of phenolic OH excluding ortho intramolecular Hbond substituents is 1. The zero-order valence-corrected chi connectivity index (χ0v) is 12.9. The summed E-state index contributed by atoms with van der Waals surface area (Å²) < 4.78 is 0. The smallest absolute Gasteiger partial charge is 0.124 e. The van der Waals surface area contributed by atoms with Crippen LogP contribution in [0.1, 0.15) is 24.5 Å². The molecular weight excluding hydrogens is 270 g/mol. The molecule has 3 aromatic carbocycles. The first kappa shape index (κ1) is 14.3. The molecule has 0 fully saturated rings. The average Bonchev–Trinajstić information content (AvgIpc) is 2.55. The molecule has 0 bridgehead atoms. The Morgan fingerprint density at radius 1 is 1.00 bits per heavy atom. The van der Waals surface area contributed by atoms with Gasteiger partial charge in [-0.05, 0) is 36.9 Å². The second-order valence-electron chi connectivity index (χ2n) is 5.43. The van der Waals surface area contributed by atoms with E-state index < -0.39 is 0 Å². The first-order chi connectivity index (χ1) is 10.7. The van der Waals surface area contributed by atoms with E-state index in [-0.39, 0.29) is 5.75 Å². The maximum Gasteiger partial charge on any atom is 0.124 e. The van der Waals surface area contributed by atoms with E-state index >= 15 is 0 Å². The van der Waals surface area contributed by atoms with Gasteiger partial charge in [-0.1, -0.05) is 55.0 Å². The van der Waals surface area contributed by atoms with E-state index in [1.165, 1.54) is 5.39 Å². The van der Waals surface area contributed by atoms with Crippen molar-refractivity contribution in [3.05, 3.63) is 71.8 Å². The first-order valence-corrected chi connectivity index (χ1v) is 7.54. The van der Waals surface area contributed by atoms with Crippen LogP contribution < -0.4 is 0 Å². The van der Waals surface area contributed by atoms with Crippen LogP contribution in [0.2, 0.25) is 0 Å². The van der Waals surface area contributed by atoms with E-state index in [4.69, 9.17) is 4.99 Å². The number of benzene rings is 3. The maximum atomic E-state index is 10.1. The quantitative estimate of drug-likeness (QED) is 0.645. The van der Waals surface area contributed by atoms with Gasteiger partial charge >= 0.3 is 0 Å². The Balaban J connectivity index is 2.17. The first-order valence-electron chi connectivity index (χ1n) is 7.54. The number of aromatic hydroxyl groups is 1. The van der Waals surface area contributed by atoms with Crippen LogP contribution in [0.15, 0.2) is 65.7 Å². The van der Waals surface area contributed by atoms with E-state index in [2.05, 4.69) is 25.1 Å². The summed E-state index contributed by atoms with van der Waals surface area (Å²) in [6.07, 6.45) is 0.764. The molecule has 2 nitrogen and oxygen atoms in total. The Labute approximate surface area is 130 Å². The van der Waals surface area contributed by atoms with Gasteiger partial charge in [0.15, 0.2) is 0 Å². The molecular formula is C20H19NO. The standard InChI is InChI=1S/C20H19NO/c1-3-18(17-13-14(2)11-12-20(17)22)21-19-10-6-8-15-7-4-5-9-16(15)19/h4-13,22H,3H2,1-2H3. The van der Waals surface area contributed by atoms with E-state index in [0.717, 1.165) is 34.3 Å². The highest BCUT2D eigenvalue weighted by Crippen LogP contribution is 2.28. The zero-order chi connectivity index (χ0) is 15.5. The lowest BCUT2D eigenvalue weighted by Gasteiger charge is -2.09. The predicted molar refractivity (Wildman–Crippen MR) is 93.3 cm³/mol. The van der Waals surface area contributed by atoms with Crippen LogP contribution in [0.3, 0.4) is 0 Å². The van der Waals surface area contributed by atoms with Crippen molar-refractivity contribution in [3.8, 4) is 5.75 Å². The van der Waals surface area contributed by atoms with Gasteiger partial charge in [0, 0.05) is 10.9 Å². The highest BCUT2D eigenvalue weighted by Gasteiger charge is 2.09. The highest BCUT2D eigenvalue weighted by atomic mass is 16.3. The van der Waals surface area contributed by atoms with Gasteiger partial charge in [-0.2, -0.15) is 0 Å². The Kier molecular flexibility index (Phi) is 3.92. The molecule has 22 heavy (non-hydrogen) atoms. The minimum absolute atomic E-state index is 0.284. The van der Waals surface area contributed by atoms with Crippen molar-refractivity contribution in [2.45, 2.75) is 20.3 Å². The van der Waals surface area contributed by atoms with Crippen LogP contribution >= 0.6 is 0 Å². The molecule has 0 spiro atoms. The summed E-state index contributed by atoms with van der Waals surface area (Å²) in [7, 11) is 0. The van der Waals surface area contributed by atoms with Gasteiger partial charge < -0.3 is 5.11 Å². The van der Waals surface area contributed by atoms with Gasteiger partial charge in [0.1, 0.15) is 5.75 Å². The van der Waals surface area contributed by atoms with Crippen LogP contribution in [-0.4, -0.2) is 10.8 Å². The summed E-state index contributed by atoms with van der Waals surface area (Å²) in [5.74, 6) is 0.284. The van der Waals surface area contributed by atoms with Gasteiger partial charge in [0.05, 0.1) is 11.4 Å². The van der Waals surface area contributed by atoms with Crippen LogP contribution in [0, 0.1) is 6.92 Å². The SMILES string of the molecule is CCC(=Nc1cccc2ccccc12)c1cc(C)ccc1O. The molecule has 0 radical (unpaired) electrons. The van der Waals surface area contributed by atoms with Crippen LogP contribution in [-0.2, 0) is 0 Å². The number of nitrogens with zero attached hydrogens (tertiary/aromatic N) is 1. The van der Waals surface area contributed by atoms with E-state index in [9.17, 15) is 5.11 Å². The van der Waals surface area contributed by atoms with E-state index in [1.807, 2.05) is 43.3 Å². The maximum absolute atomic E-state index is 10.1. The number of aliphatic imine (C=N–C) groups is 1. The lowest BCUT2D eigenvalue weighted by Crippen LogP contribution is -1.99. The molecule has 3 aromatic rings. The van der Waals surface area contributed by atoms with Crippen molar-refractivity contribution < 1.29 is 5.11 Å². The summed E-state index contributed by atoms with van der Waals surface area (Å²) >= 11 is 0. The molecule has 0 aliphatic carbocycles. The van der Waals surface area contributed by atoms with Gasteiger partial charge in [-0.3, -0.25) is 4.99 Å². The van der Waals surface area contributed by atoms with Gasteiger partial charge in [-0.15, -0.1) is 0 Å². The molecule has 0 aliphatic rings. The van der Waals surface area contributed by atoms with Gasteiger partial charge in [-0.25, -0.2) is 0 Å². The lowest BCUT2D eigenvalue weighted by molar-refractivity contribution is 0.474. The number of aryl methyl sites for hydroxylation is 1. The molecule has 1 N–H and O–H groups in total. The molecule has 0 heterocycles. The molecule has 3 rings (SSSR count). The minimum atomic E-state index is 0.284. The number of phenols is 1. The Morgan fingerprint density at radius 2 is 1.77 bits per heavy atom. The van der Waals surface area contributed by atoms with Crippen LogP contribution in [0.25, 0.3) is 10.8 Å². The summed E-state index contributed by atoms with van der Waals surface area (Å²) in [6, 6.07) is 20.0. The van der Waals surface area contributed by atoms with Crippen LogP contribution in [0.5, 0.6) is 5.75 Å². The summed E-state index contributed by atoms with van der Waals surface area (Å²) in [5, 5.41) is 12.4. The minimum Gasteiger partial charge on any atom is -0.507 e. The Morgan fingerprint density at radius 3 is 2.59 bits per heavy atom. The van der Waals surface area contributed by atoms with E-state index in [1.54, 1.807) is 6.07 Å². The van der Waals surface area contributed by atoms with Gasteiger partial charge in [0.2, 0.25) is 0 Å². The second-order valence-corrected chi connectivity index (χ2v) is 5.43. The number of fused-ring (bicyclic) bond motifs is 1. The van der Waals surface area contributed by atoms with Gasteiger partial charge in [0.25, 0.3) is 0 Å². The van der Waals surface area contributed by atoms with Crippen LogP contribution in [0.4, 0.5) is 5.69 Å². The fraction of sp³-hybridized carbons (Fsp3) is 0.150. The van der Waals surface area contributed by atoms with Crippen molar-refractivity contribution in [2.75, 3.05) is 0 Å². The normalized spacial score (nSPS) is 11.8. The molecule has 2 heteroatoms. The molecule has 0 amide bonds. The third-order valence-corrected chi connectivity index (χ3v) is 3.82. The molecule has 0 aromatic heterocycles. The molecule has 0 saturated heterocycles. The highest BCUT2D eigenvalue weighted by molar-refractivity contribution is 6.06. The van der Waals surface area contributed by atoms with E-state index in [0.29, 0.717) is 0 Å². The summed E-state index contributed by atoms with van der Waals surface area (Å²) in [6.45, 7) is 4.08. The van der Waals surface area contributed by atoms with Crippen molar-refractivity contribution in [2.24, 2.45) is 4.99 Å². The van der Waals surface area contributed by atoms with Crippen molar-refractivity contribution in [1.82, 2.24) is 0 Å². The van der Waals surface area contributed by atoms with Crippen molar-refractivity contribution in [1.29, 1.82) is 0 Å². The molecule has 0 unspecified atom stereocenters. The zero-order valence-electron chi connectivity index (χ0n) is 12.9. The number of hydrogen-bond donors (Lipinski definition) is 1. The Hall–Kier alpha value is -2.61. The third-order valence-electron chi connectivity index (χ3n) is 3.82. The molecule has 0 aliphatic heterocycles. The Bertz CT molecular complexity index is 844. The third kappa shape index (κ3) is 2.73. The predicted octanol–water partition coefficient (Wildman–Crippen LogP) is 5.38. The monoisotopic (exact) mass is 289 g/mol. The summed E-state index contributed by atoms with van der Waals surface area (Å²) in [4.78, 5) is 4.83. The topological polar surface area (TPSA) is 32.6 Å². The van der Waals surface area contributed by atoms with Crippen molar-refractivity contribution in [3.63, 3.8) is 0 Å². The van der Waals surface area contributed by atoms with Crippen molar-refractivity contribution >= 4 is 22.2 Å². The summed E-state index contributed by atoms with van der Waals surface area (Å²) in [5.41, 5.74) is 3.77. The lowest BCUT2D eigenvalue weighted by atomic mass is 10.0. The number of rotatable bonds is 3. The fourth-order valence-electron chi connectivity index (χ4n) is 2.66. The second kappa shape index (κ2) is 6.02. The molecule has 0 saturated carbocycles. The molecule has 0 atom stereocenters. The average molecular weight is 289 g/mol.